The number of thiazole rings is 1. The Morgan fingerprint density at radius 2 is 2.10 bits per heavy atom. The fourth-order valence-electron chi connectivity index (χ4n) is 2.46. The predicted molar refractivity (Wildman–Crippen MR) is 86.8 cm³/mol. The number of rotatable bonds is 3. The van der Waals surface area contributed by atoms with E-state index in [2.05, 4.69) is 28.9 Å². The summed E-state index contributed by atoms with van der Waals surface area (Å²) in [6.45, 7) is 2.09. The maximum Gasteiger partial charge on any atom is 0.206 e. The molecule has 3 rings (SSSR count). The third-order valence-corrected chi connectivity index (χ3v) is 5.32. The number of aromatic nitrogens is 1. The smallest absolute Gasteiger partial charge is 0.206 e. The van der Waals surface area contributed by atoms with Gasteiger partial charge in [0.2, 0.25) is 4.80 Å². The molecule has 20 heavy (non-hydrogen) atoms. The van der Waals surface area contributed by atoms with Gasteiger partial charge in [0.15, 0.2) is 0 Å². The number of thiophene rings is 1. The lowest BCUT2D eigenvalue weighted by Gasteiger charge is -2.16. The molecule has 0 aromatic carbocycles. The number of hydrogen-bond acceptors (Lipinski definition) is 4. The highest BCUT2D eigenvalue weighted by Crippen LogP contribution is 2.20. The second-order valence-corrected chi connectivity index (χ2v) is 6.97. The van der Waals surface area contributed by atoms with Gasteiger partial charge in [-0.3, -0.25) is 4.99 Å². The van der Waals surface area contributed by atoms with Crippen LogP contribution in [-0.2, 0) is 0 Å². The van der Waals surface area contributed by atoms with Crippen LogP contribution in [0.5, 0.6) is 0 Å². The van der Waals surface area contributed by atoms with E-state index in [1.165, 1.54) is 37.0 Å². The Hall–Kier alpha value is -1.20. The lowest BCUT2D eigenvalue weighted by Crippen LogP contribution is -2.19. The van der Waals surface area contributed by atoms with E-state index in [0.717, 1.165) is 10.5 Å². The summed E-state index contributed by atoms with van der Waals surface area (Å²) in [6.07, 6.45) is 8.38. The molecule has 0 radical (unpaired) electrons. The molecule has 0 saturated heterocycles. The topological polar surface area (TPSA) is 29.6 Å². The molecule has 3 nitrogen and oxygen atoms in total. The zero-order chi connectivity index (χ0) is 13.8. The van der Waals surface area contributed by atoms with Gasteiger partial charge in [-0.05, 0) is 31.2 Å². The molecule has 106 valence electrons. The highest BCUT2D eigenvalue weighted by Gasteiger charge is 2.12. The fraction of sp³-hybridized carbons (Fsp3) is 0.467. The third-order valence-electron chi connectivity index (χ3n) is 3.56. The molecule has 1 fully saturated rings. The molecule has 2 aromatic heterocycles. The molecule has 0 bridgehead atoms. The van der Waals surface area contributed by atoms with E-state index in [9.17, 15) is 0 Å². The molecule has 2 aromatic rings. The van der Waals surface area contributed by atoms with E-state index in [1.807, 2.05) is 17.0 Å². The van der Waals surface area contributed by atoms with Crippen LogP contribution in [0, 0.1) is 6.92 Å². The second kappa shape index (κ2) is 6.50. The molecule has 1 aliphatic rings. The van der Waals surface area contributed by atoms with E-state index in [1.54, 1.807) is 22.7 Å². The van der Waals surface area contributed by atoms with Crippen LogP contribution in [0.1, 0.15) is 42.7 Å². The highest BCUT2D eigenvalue weighted by molar-refractivity contribution is 7.11. The zero-order valence-corrected chi connectivity index (χ0v) is 13.3. The lowest BCUT2D eigenvalue weighted by molar-refractivity contribution is 0.435. The Morgan fingerprint density at radius 1 is 1.25 bits per heavy atom. The number of hydrogen-bond donors (Lipinski definition) is 0. The second-order valence-electron chi connectivity index (χ2n) is 5.15. The summed E-state index contributed by atoms with van der Waals surface area (Å²) < 4.78 is 1.97. The average molecular weight is 305 g/mol. The van der Waals surface area contributed by atoms with Gasteiger partial charge in [0.05, 0.1) is 18.0 Å². The minimum Gasteiger partial charge on any atom is -0.254 e. The van der Waals surface area contributed by atoms with Crippen LogP contribution >= 0.6 is 22.7 Å². The van der Waals surface area contributed by atoms with Crippen LogP contribution in [0.4, 0.5) is 0 Å². The van der Waals surface area contributed by atoms with Crippen molar-refractivity contribution in [2.75, 3.05) is 0 Å². The molecule has 5 heteroatoms. The lowest BCUT2D eigenvalue weighted by atomic mass is 9.96. The van der Waals surface area contributed by atoms with E-state index in [4.69, 9.17) is 4.99 Å². The molecule has 0 N–H and O–H groups in total. The third kappa shape index (κ3) is 3.27. The molecule has 0 aliphatic heterocycles. The van der Waals surface area contributed by atoms with Gasteiger partial charge in [-0.1, -0.05) is 25.3 Å². The zero-order valence-electron chi connectivity index (χ0n) is 11.7. The number of aryl methyl sites for hydroxylation is 1. The predicted octanol–water partition coefficient (Wildman–Crippen LogP) is 4.04. The van der Waals surface area contributed by atoms with E-state index in [-0.39, 0.29) is 0 Å². The van der Waals surface area contributed by atoms with E-state index < -0.39 is 0 Å². The largest absolute Gasteiger partial charge is 0.254 e. The maximum absolute atomic E-state index is 4.91. The van der Waals surface area contributed by atoms with Crippen LogP contribution in [-0.4, -0.2) is 16.9 Å². The van der Waals surface area contributed by atoms with Crippen LogP contribution in [0.3, 0.4) is 0 Å². The standard InChI is InChI=1S/C15H19N3S2/c1-12-11-20-15(17-13-6-3-2-4-7-13)18(12)16-10-14-8-5-9-19-14/h5,8-11,13H,2-4,6-7H2,1H3. The average Bonchev–Trinajstić information content (AvgIpc) is 3.09. The maximum atomic E-state index is 4.91. The van der Waals surface area contributed by atoms with Crippen molar-refractivity contribution in [1.29, 1.82) is 0 Å². The first-order valence-electron chi connectivity index (χ1n) is 7.12. The van der Waals surface area contributed by atoms with Crippen molar-refractivity contribution < 1.29 is 0 Å². The summed E-state index contributed by atoms with van der Waals surface area (Å²) in [4.78, 5) is 7.11. The van der Waals surface area contributed by atoms with Crippen molar-refractivity contribution in [3.63, 3.8) is 0 Å². The summed E-state index contributed by atoms with van der Waals surface area (Å²) >= 11 is 3.40. The van der Waals surface area contributed by atoms with Crippen molar-refractivity contribution in [1.82, 2.24) is 4.68 Å². The summed E-state index contributed by atoms with van der Waals surface area (Å²) in [5.74, 6) is 0. The highest BCUT2D eigenvalue weighted by atomic mass is 32.1. The Balaban J connectivity index is 1.87. The van der Waals surface area contributed by atoms with Gasteiger partial charge >= 0.3 is 0 Å². The summed E-state index contributed by atoms with van der Waals surface area (Å²) in [5, 5.41) is 8.79. The van der Waals surface area contributed by atoms with E-state index >= 15 is 0 Å². The van der Waals surface area contributed by atoms with Gasteiger partial charge in [-0.25, -0.2) is 4.68 Å². The van der Waals surface area contributed by atoms with Gasteiger partial charge in [-0.15, -0.1) is 22.7 Å². The Kier molecular flexibility index (Phi) is 4.47. The summed E-state index contributed by atoms with van der Waals surface area (Å²) in [6, 6.07) is 4.61. The first-order chi connectivity index (χ1) is 9.83. The minimum absolute atomic E-state index is 0.491. The molecular weight excluding hydrogens is 286 g/mol. The monoisotopic (exact) mass is 305 g/mol. The molecule has 0 amide bonds. The minimum atomic E-state index is 0.491. The van der Waals surface area contributed by atoms with Crippen LogP contribution in [0.25, 0.3) is 0 Å². The van der Waals surface area contributed by atoms with Crippen LogP contribution in [0.2, 0.25) is 0 Å². The van der Waals surface area contributed by atoms with Crippen molar-refractivity contribution in [2.45, 2.75) is 45.1 Å². The van der Waals surface area contributed by atoms with Gasteiger partial charge in [-0.2, -0.15) is 5.10 Å². The molecular formula is C15H19N3S2. The van der Waals surface area contributed by atoms with Crippen molar-refractivity contribution >= 4 is 28.9 Å². The van der Waals surface area contributed by atoms with Gasteiger partial charge < -0.3 is 0 Å². The molecule has 1 saturated carbocycles. The molecule has 0 unspecified atom stereocenters. The Labute approximate surface area is 127 Å². The first-order valence-corrected chi connectivity index (χ1v) is 8.88. The van der Waals surface area contributed by atoms with Crippen molar-refractivity contribution in [2.24, 2.45) is 10.1 Å². The molecule has 2 heterocycles. The Morgan fingerprint density at radius 3 is 2.85 bits per heavy atom. The van der Waals surface area contributed by atoms with E-state index in [0.29, 0.717) is 6.04 Å². The molecule has 0 atom stereocenters. The quantitative estimate of drug-likeness (QED) is 0.766. The SMILES string of the molecule is Cc1csc(=NC2CCCCC2)n1N=Cc1cccs1. The van der Waals surface area contributed by atoms with Crippen LogP contribution < -0.4 is 4.80 Å². The van der Waals surface area contributed by atoms with Gasteiger partial charge in [0.1, 0.15) is 0 Å². The van der Waals surface area contributed by atoms with Gasteiger partial charge in [0, 0.05) is 10.3 Å². The molecule has 1 aliphatic carbocycles. The summed E-state index contributed by atoms with van der Waals surface area (Å²) in [5.41, 5.74) is 1.15. The normalized spacial score (nSPS) is 18.1. The summed E-state index contributed by atoms with van der Waals surface area (Å²) in [7, 11) is 0. The Bertz CT molecular complexity index is 628. The fourth-order valence-corrected chi connectivity index (χ4v) is 3.92. The van der Waals surface area contributed by atoms with Crippen molar-refractivity contribution in [3.8, 4) is 0 Å². The van der Waals surface area contributed by atoms with Crippen LogP contribution in [0.15, 0.2) is 33.0 Å². The number of nitrogens with zero attached hydrogens (tertiary/aromatic N) is 3. The first kappa shape index (κ1) is 13.8. The molecule has 0 spiro atoms. The van der Waals surface area contributed by atoms with Gasteiger partial charge in [0.25, 0.3) is 0 Å². The van der Waals surface area contributed by atoms with Crippen molar-refractivity contribution in [3.05, 3.63) is 38.3 Å².